The third kappa shape index (κ3) is 4.95. The summed E-state index contributed by atoms with van der Waals surface area (Å²) in [5.41, 5.74) is 0.271. The molecule has 10 heteroatoms. The zero-order valence-corrected chi connectivity index (χ0v) is 17.9. The van der Waals surface area contributed by atoms with Gasteiger partial charge >= 0.3 is 6.09 Å². The molecule has 0 bridgehead atoms. The van der Waals surface area contributed by atoms with Gasteiger partial charge in [-0.3, -0.25) is 10.2 Å². The Labute approximate surface area is 180 Å². The number of carboxylic acid groups (broad SMARTS) is 1. The molecule has 0 spiro atoms. The number of nitriles is 1. The molecule has 2 saturated heterocycles. The Balaban J connectivity index is 1.85. The molecule has 1 amide bonds. The van der Waals surface area contributed by atoms with Gasteiger partial charge in [-0.25, -0.2) is 4.79 Å². The number of nitrogens with one attached hydrogen (secondary N) is 1. The number of aliphatic carboxylic acids is 1. The third-order valence-corrected chi connectivity index (χ3v) is 5.34. The van der Waals surface area contributed by atoms with E-state index in [9.17, 15) is 20.0 Å². The van der Waals surface area contributed by atoms with Crippen LogP contribution in [0.5, 0.6) is 0 Å². The molecule has 1 aromatic carbocycles. The van der Waals surface area contributed by atoms with Crippen molar-refractivity contribution in [3.05, 3.63) is 22.7 Å². The van der Waals surface area contributed by atoms with Crippen molar-refractivity contribution in [3.63, 3.8) is 0 Å². The fourth-order valence-electron chi connectivity index (χ4n) is 3.49. The third-order valence-electron chi connectivity index (χ3n) is 4.94. The number of amides is 1. The van der Waals surface area contributed by atoms with Crippen LogP contribution in [0, 0.1) is 11.3 Å². The highest BCUT2D eigenvalue weighted by Gasteiger charge is 2.37. The number of carbonyl (C=O) groups is 2. The van der Waals surface area contributed by atoms with Gasteiger partial charge in [-0.1, -0.05) is 11.6 Å². The van der Waals surface area contributed by atoms with Gasteiger partial charge in [-0.2, -0.15) is 5.26 Å². The lowest BCUT2D eigenvalue weighted by Crippen LogP contribution is -2.66. The van der Waals surface area contributed by atoms with Gasteiger partial charge in [0, 0.05) is 19.6 Å². The average Bonchev–Trinajstić information content (AvgIpc) is 2.60. The summed E-state index contributed by atoms with van der Waals surface area (Å²) in [6.45, 7) is 7.32. The van der Waals surface area contributed by atoms with Crippen molar-refractivity contribution in [2.45, 2.75) is 38.5 Å². The topological polar surface area (TPSA) is 118 Å². The predicted octanol–water partition coefficient (Wildman–Crippen LogP) is 1.20. The molecular weight excluding hydrogens is 412 g/mol. The van der Waals surface area contributed by atoms with Crippen molar-refractivity contribution in [1.29, 1.82) is 5.26 Å². The van der Waals surface area contributed by atoms with Crippen LogP contribution in [0.1, 0.15) is 26.3 Å². The normalized spacial score (nSPS) is 20.2. The van der Waals surface area contributed by atoms with Gasteiger partial charge in [-0.05, 0) is 32.9 Å². The molecule has 3 rings (SSSR count). The number of rotatable bonds is 4. The molecule has 1 unspecified atom stereocenters. The summed E-state index contributed by atoms with van der Waals surface area (Å²) in [5, 5.41) is 23.9. The highest BCUT2D eigenvalue weighted by Crippen LogP contribution is 2.36. The van der Waals surface area contributed by atoms with Crippen LogP contribution in [0.15, 0.2) is 12.1 Å². The van der Waals surface area contributed by atoms with Crippen LogP contribution < -0.4 is 15.3 Å². The van der Waals surface area contributed by atoms with Crippen molar-refractivity contribution in [2.24, 2.45) is 0 Å². The number of anilines is 2. The summed E-state index contributed by atoms with van der Waals surface area (Å²) < 4.78 is 10.4. The lowest BCUT2D eigenvalue weighted by atomic mass is 10.1. The van der Waals surface area contributed by atoms with Gasteiger partial charge in [0.25, 0.3) is 0 Å². The Morgan fingerprint density at radius 3 is 2.57 bits per heavy atom. The number of benzene rings is 1. The second kappa shape index (κ2) is 8.68. The van der Waals surface area contributed by atoms with Crippen LogP contribution >= 0.6 is 11.6 Å². The maximum absolute atomic E-state index is 12.2. The van der Waals surface area contributed by atoms with E-state index >= 15 is 0 Å². The quantitative estimate of drug-likeness (QED) is 0.749. The summed E-state index contributed by atoms with van der Waals surface area (Å²) in [5.74, 6) is -1.17. The smallest absolute Gasteiger partial charge is 0.412 e. The zero-order chi connectivity index (χ0) is 22.1. The maximum Gasteiger partial charge on any atom is 0.412 e. The Hall–Kier alpha value is -2.54. The molecule has 2 aliphatic heterocycles. The van der Waals surface area contributed by atoms with Crippen molar-refractivity contribution in [1.82, 2.24) is 4.90 Å². The van der Waals surface area contributed by atoms with E-state index in [0.29, 0.717) is 32.0 Å². The molecule has 2 aliphatic rings. The number of hydrogen-bond acceptors (Lipinski definition) is 8. The highest BCUT2D eigenvalue weighted by atomic mass is 35.5. The van der Waals surface area contributed by atoms with Gasteiger partial charge in [0.1, 0.15) is 5.60 Å². The summed E-state index contributed by atoms with van der Waals surface area (Å²) in [7, 11) is 0. The first-order valence-electron chi connectivity index (χ1n) is 9.62. The molecule has 9 nitrogen and oxygen atoms in total. The summed E-state index contributed by atoms with van der Waals surface area (Å²) in [6.07, 6.45) is -0.701. The second-order valence-corrected chi connectivity index (χ2v) is 8.68. The Bertz CT molecular complexity index is 875. The molecular formula is C20H24ClN4O5-. The van der Waals surface area contributed by atoms with Gasteiger partial charge in [0.05, 0.1) is 59.3 Å². The molecule has 0 radical (unpaired) electrons. The van der Waals surface area contributed by atoms with Crippen molar-refractivity contribution in [3.8, 4) is 6.07 Å². The van der Waals surface area contributed by atoms with Crippen LogP contribution in [0.3, 0.4) is 0 Å². The highest BCUT2D eigenvalue weighted by molar-refractivity contribution is 6.36. The monoisotopic (exact) mass is 435 g/mol. The van der Waals surface area contributed by atoms with Crippen LogP contribution in [0.25, 0.3) is 0 Å². The van der Waals surface area contributed by atoms with Crippen LogP contribution in [0.2, 0.25) is 5.02 Å². The van der Waals surface area contributed by atoms with Gasteiger partial charge in [0.2, 0.25) is 0 Å². The first-order valence-corrected chi connectivity index (χ1v) is 10.00. The molecule has 2 heterocycles. The van der Waals surface area contributed by atoms with E-state index in [1.807, 2.05) is 11.0 Å². The fourth-order valence-corrected chi connectivity index (χ4v) is 3.76. The van der Waals surface area contributed by atoms with E-state index in [0.717, 1.165) is 0 Å². The van der Waals surface area contributed by atoms with E-state index in [1.165, 1.54) is 6.07 Å². The molecule has 2 fully saturated rings. The second-order valence-electron chi connectivity index (χ2n) is 8.31. The molecule has 1 atom stereocenters. The number of ether oxygens (including phenoxy) is 2. The maximum atomic E-state index is 12.2. The fraction of sp³-hybridized carbons (Fsp3) is 0.550. The van der Waals surface area contributed by atoms with Crippen LogP contribution in [0.4, 0.5) is 16.2 Å². The molecule has 1 N–H and O–H groups in total. The van der Waals surface area contributed by atoms with Gasteiger partial charge < -0.3 is 24.3 Å². The van der Waals surface area contributed by atoms with Gasteiger partial charge in [-0.15, -0.1) is 0 Å². The molecule has 1 aromatic rings. The Kier molecular flexibility index (Phi) is 6.41. The lowest BCUT2D eigenvalue weighted by Gasteiger charge is -2.48. The summed E-state index contributed by atoms with van der Waals surface area (Å²) >= 11 is 6.53. The summed E-state index contributed by atoms with van der Waals surface area (Å²) in [6, 6.07) is 4.29. The molecule has 0 saturated carbocycles. The number of piperazine rings is 1. The minimum Gasteiger partial charge on any atom is -0.548 e. The first-order chi connectivity index (χ1) is 14.1. The largest absolute Gasteiger partial charge is 0.548 e. The molecule has 0 aromatic heterocycles. The van der Waals surface area contributed by atoms with Crippen molar-refractivity contribution < 1.29 is 24.2 Å². The van der Waals surface area contributed by atoms with Gasteiger partial charge in [0.15, 0.2) is 0 Å². The standard InChI is InChI=1S/C20H25ClN4O5/c1-20(2,3)30-19(28)23-14-6-12(8-22)7-15(17(14)21)24-4-5-25(13-10-29-11-13)16(9-24)18(26)27/h6-7,13,16H,4-5,9-11H2,1-3H3,(H,23,28)(H,26,27)/p-1. The minimum absolute atomic E-state index is 0.0559. The van der Waals surface area contributed by atoms with E-state index < -0.39 is 23.7 Å². The van der Waals surface area contributed by atoms with E-state index in [1.54, 1.807) is 31.7 Å². The average molecular weight is 436 g/mol. The minimum atomic E-state index is -1.17. The van der Waals surface area contributed by atoms with E-state index in [2.05, 4.69) is 5.32 Å². The Morgan fingerprint density at radius 1 is 1.33 bits per heavy atom. The molecule has 162 valence electrons. The number of halogens is 1. The van der Waals surface area contributed by atoms with Crippen LogP contribution in [-0.2, 0) is 14.3 Å². The number of carbonyl (C=O) groups excluding carboxylic acids is 2. The number of hydrogen-bond donors (Lipinski definition) is 1. The summed E-state index contributed by atoms with van der Waals surface area (Å²) in [4.78, 5) is 27.6. The van der Waals surface area contributed by atoms with Crippen LogP contribution in [-0.4, -0.2) is 67.5 Å². The zero-order valence-electron chi connectivity index (χ0n) is 17.1. The van der Waals surface area contributed by atoms with E-state index in [-0.39, 0.29) is 28.9 Å². The number of nitrogens with zero attached hydrogens (tertiary/aromatic N) is 3. The molecule has 0 aliphatic carbocycles. The predicted molar refractivity (Wildman–Crippen MR) is 108 cm³/mol. The van der Waals surface area contributed by atoms with E-state index in [4.69, 9.17) is 21.1 Å². The number of carboxylic acids is 1. The van der Waals surface area contributed by atoms with Crippen molar-refractivity contribution >= 4 is 35.0 Å². The Morgan fingerprint density at radius 2 is 2.03 bits per heavy atom. The molecule has 30 heavy (non-hydrogen) atoms. The van der Waals surface area contributed by atoms with Crippen molar-refractivity contribution in [2.75, 3.05) is 43.1 Å². The SMILES string of the molecule is CC(C)(C)OC(=O)Nc1cc(C#N)cc(N2CCN(C3COC3)C(C(=O)[O-])C2)c1Cl. The lowest BCUT2D eigenvalue weighted by molar-refractivity contribution is -0.313. The first kappa shape index (κ1) is 22.2.